The molecule has 2 N–H and O–H groups in total. The van der Waals surface area contributed by atoms with Crippen molar-refractivity contribution in [1.82, 2.24) is 4.90 Å². The van der Waals surface area contributed by atoms with E-state index in [0.717, 1.165) is 0 Å². The zero-order valence-corrected chi connectivity index (χ0v) is 12.4. The predicted octanol–water partition coefficient (Wildman–Crippen LogP) is 2.60. The van der Waals surface area contributed by atoms with Gasteiger partial charge < -0.3 is 10.5 Å². The van der Waals surface area contributed by atoms with Crippen molar-refractivity contribution in [3.8, 4) is 0 Å². The maximum absolute atomic E-state index is 13.7. The third-order valence-corrected chi connectivity index (χ3v) is 3.13. The number of rotatable bonds is 8. The van der Waals surface area contributed by atoms with Gasteiger partial charge >= 0.3 is 0 Å². The van der Waals surface area contributed by atoms with Gasteiger partial charge in [0, 0.05) is 43.8 Å². The van der Waals surface area contributed by atoms with Gasteiger partial charge in [0.1, 0.15) is 5.82 Å². The molecule has 0 aliphatic carbocycles. The van der Waals surface area contributed by atoms with Crippen molar-refractivity contribution in [2.24, 2.45) is 5.73 Å². The van der Waals surface area contributed by atoms with Crippen molar-refractivity contribution in [3.63, 3.8) is 0 Å². The molecule has 19 heavy (non-hydrogen) atoms. The van der Waals surface area contributed by atoms with Gasteiger partial charge in [0.05, 0.1) is 11.6 Å². The lowest BCUT2D eigenvalue weighted by molar-refractivity contribution is 0.145. The van der Waals surface area contributed by atoms with Gasteiger partial charge in [-0.05, 0) is 18.2 Å². The number of ether oxygens (including phenoxy) is 1. The number of hydrogen-bond acceptors (Lipinski definition) is 3. The van der Waals surface area contributed by atoms with Gasteiger partial charge in [-0.15, -0.1) is 0 Å². The van der Waals surface area contributed by atoms with E-state index in [0.29, 0.717) is 48.2 Å². The predicted molar refractivity (Wildman–Crippen MR) is 80.0 cm³/mol. The third-order valence-electron chi connectivity index (χ3n) is 2.69. The van der Waals surface area contributed by atoms with Gasteiger partial charge in [-0.1, -0.05) is 23.8 Å². The fourth-order valence-electron chi connectivity index (χ4n) is 1.66. The Morgan fingerprint density at radius 1 is 1.47 bits per heavy atom. The molecule has 0 unspecified atom stereocenters. The minimum atomic E-state index is -0.262. The first-order chi connectivity index (χ1) is 9.02. The number of hydrogen-bond donors (Lipinski definition) is 1. The van der Waals surface area contributed by atoms with Crippen molar-refractivity contribution in [3.05, 3.63) is 34.6 Å². The van der Waals surface area contributed by atoms with Gasteiger partial charge in [0.25, 0.3) is 0 Å². The van der Waals surface area contributed by atoms with Crippen LogP contribution in [0.5, 0.6) is 0 Å². The standard InChI is InChI=1S/C13H18ClFN2OS/c1-18-7-6-17(5-4-13(16)19)9-10-8-11(14)2-3-12(10)15/h2-3,8H,4-7,9H2,1H3,(H2,16,19). The fourth-order valence-corrected chi connectivity index (χ4v) is 1.95. The van der Waals surface area contributed by atoms with Crippen molar-refractivity contribution < 1.29 is 9.13 Å². The minimum Gasteiger partial charge on any atom is -0.393 e. The highest BCUT2D eigenvalue weighted by Crippen LogP contribution is 2.16. The molecule has 0 heterocycles. The molecule has 0 bridgehead atoms. The molecule has 0 fully saturated rings. The summed E-state index contributed by atoms with van der Waals surface area (Å²) in [5.74, 6) is -0.262. The topological polar surface area (TPSA) is 38.5 Å². The average molecular weight is 305 g/mol. The highest BCUT2D eigenvalue weighted by Gasteiger charge is 2.10. The largest absolute Gasteiger partial charge is 0.393 e. The Morgan fingerprint density at radius 3 is 2.84 bits per heavy atom. The molecule has 6 heteroatoms. The molecule has 0 saturated heterocycles. The molecular weight excluding hydrogens is 287 g/mol. The second kappa shape index (κ2) is 8.43. The smallest absolute Gasteiger partial charge is 0.127 e. The monoisotopic (exact) mass is 304 g/mol. The van der Waals surface area contributed by atoms with Crippen LogP contribution < -0.4 is 5.73 Å². The van der Waals surface area contributed by atoms with Crippen LogP contribution in [0.1, 0.15) is 12.0 Å². The normalized spacial score (nSPS) is 10.9. The zero-order valence-electron chi connectivity index (χ0n) is 10.9. The van der Waals surface area contributed by atoms with Crippen LogP contribution in [0.3, 0.4) is 0 Å². The van der Waals surface area contributed by atoms with Crippen LogP contribution in [0.2, 0.25) is 5.02 Å². The Balaban J connectivity index is 2.68. The number of nitrogens with zero attached hydrogens (tertiary/aromatic N) is 1. The second-order valence-corrected chi connectivity index (χ2v) is 5.18. The molecule has 3 nitrogen and oxygen atoms in total. The third kappa shape index (κ3) is 6.29. The van der Waals surface area contributed by atoms with Gasteiger partial charge in [-0.25, -0.2) is 4.39 Å². The lowest BCUT2D eigenvalue weighted by Gasteiger charge is -2.22. The summed E-state index contributed by atoms with van der Waals surface area (Å²) in [5, 5.41) is 0.525. The molecule has 0 amide bonds. The summed E-state index contributed by atoms with van der Waals surface area (Å²) in [6.45, 7) is 2.38. The molecule has 0 atom stereocenters. The van der Waals surface area contributed by atoms with Crippen molar-refractivity contribution in [2.45, 2.75) is 13.0 Å². The summed E-state index contributed by atoms with van der Waals surface area (Å²) in [7, 11) is 1.63. The number of halogens is 2. The Hall–Kier alpha value is -0.750. The molecule has 0 aliphatic rings. The van der Waals surface area contributed by atoms with Crippen LogP contribution in [0.15, 0.2) is 18.2 Å². The van der Waals surface area contributed by atoms with Crippen LogP contribution in [-0.2, 0) is 11.3 Å². The molecule has 1 rings (SSSR count). The molecule has 0 saturated carbocycles. The fraction of sp³-hybridized carbons (Fsp3) is 0.462. The maximum atomic E-state index is 13.7. The number of thiocarbonyl (C=S) groups is 1. The van der Waals surface area contributed by atoms with Crippen LogP contribution in [0.4, 0.5) is 4.39 Å². The van der Waals surface area contributed by atoms with Crippen molar-refractivity contribution >= 4 is 28.8 Å². The van der Waals surface area contributed by atoms with E-state index in [9.17, 15) is 4.39 Å². The first kappa shape index (κ1) is 16.3. The van der Waals surface area contributed by atoms with Crippen molar-refractivity contribution in [2.75, 3.05) is 26.8 Å². The molecule has 0 aliphatic heterocycles. The zero-order chi connectivity index (χ0) is 14.3. The Kier molecular flexibility index (Phi) is 7.23. The minimum absolute atomic E-state index is 0.262. The quantitative estimate of drug-likeness (QED) is 0.749. The molecule has 1 aromatic rings. The summed E-state index contributed by atoms with van der Waals surface area (Å²) >= 11 is 10.7. The van der Waals surface area contributed by atoms with E-state index in [1.807, 2.05) is 4.90 Å². The van der Waals surface area contributed by atoms with E-state index in [4.69, 9.17) is 34.3 Å². The first-order valence-electron chi connectivity index (χ1n) is 5.96. The van der Waals surface area contributed by atoms with E-state index < -0.39 is 0 Å². The van der Waals surface area contributed by atoms with E-state index in [1.165, 1.54) is 12.1 Å². The highest BCUT2D eigenvalue weighted by molar-refractivity contribution is 7.80. The number of methoxy groups -OCH3 is 1. The van der Waals surface area contributed by atoms with Crippen molar-refractivity contribution in [1.29, 1.82) is 0 Å². The van der Waals surface area contributed by atoms with E-state index in [1.54, 1.807) is 13.2 Å². The molecular formula is C13H18ClFN2OS. The Labute approximate surface area is 123 Å². The van der Waals surface area contributed by atoms with Crippen LogP contribution in [0.25, 0.3) is 0 Å². The SMILES string of the molecule is COCCN(CCC(N)=S)Cc1cc(Cl)ccc1F. The van der Waals surface area contributed by atoms with Gasteiger partial charge in [-0.3, -0.25) is 4.90 Å². The van der Waals surface area contributed by atoms with Crippen LogP contribution in [-0.4, -0.2) is 36.7 Å². The summed E-state index contributed by atoms with van der Waals surface area (Å²) in [4.78, 5) is 2.49. The number of benzene rings is 1. The van der Waals surface area contributed by atoms with Gasteiger partial charge in [0.15, 0.2) is 0 Å². The highest BCUT2D eigenvalue weighted by atomic mass is 35.5. The van der Waals surface area contributed by atoms with Gasteiger partial charge in [0.2, 0.25) is 0 Å². The molecule has 0 radical (unpaired) electrons. The lowest BCUT2D eigenvalue weighted by Crippen LogP contribution is -2.30. The molecule has 0 aromatic heterocycles. The van der Waals surface area contributed by atoms with Gasteiger partial charge in [-0.2, -0.15) is 0 Å². The van der Waals surface area contributed by atoms with E-state index in [2.05, 4.69) is 0 Å². The van der Waals surface area contributed by atoms with E-state index in [-0.39, 0.29) is 5.82 Å². The Morgan fingerprint density at radius 2 is 2.21 bits per heavy atom. The molecule has 1 aromatic carbocycles. The molecule has 106 valence electrons. The lowest BCUT2D eigenvalue weighted by atomic mass is 10.2. The van der Waals surface area contributed by atoms with Crippen LogP contribution >= 0.6 is 23.8 Å². The number of nitrogens with two attached hydrogens (primary N) is 1. The second-order valence-electron chi connectivity index (χ2n) is 4.22. The summed E-state index contributed by atoms with van der Waals surface area (Å²) in [5.41, 5.74) is 6.06. The average Bonchev–Trinajstić information content (AvgIpc) is 2.36. The van der Waals surface area contributed by atoms with E-state index >= 15 is 0 Å². The summed E-state index contributed by atoms with van der Waals surface area (Å²) in [6, 6.07) is 4.55. The Bertz CT molecular complexity index is 431. The first-order valence-corrected chi connectivity index (χ1v) is 6.75. The summed E-state index contributed by atoms with van der Waals surface area (Å²) < 4.78 is 18.7. The van der Waals surface area contributed by atoms with Crippen LogP contribution in [0, 0.1) is 5.82 Å². The molecule has 0 spiro atoms. The summed E-state index contributed by atoms with van der Waals surface area (Å²) in [6.07, 6.45) is 0.598. The maximum Gasteiger partial charge on any atom is 0.127 e.